The van der Waals surface area contributed by atoms with Gasteiger partial charge >= 0.3 is 0 Å². The molecule has 0 aliphatic rings. The lowest BCUT2D eigenvalue weighted by molar-refractivity contribution is -0.112. The summed E-state index contributed by atoms with van der Waals surface area (Å²) in [6, 6.07) is 11.2. The fourth-order valence-corrected chi connectivity index (χ4v) is 3.22. The van der Waals surface area contributed by atoms with Crippen LogP contribution in [0.3, 0.4) is 0 Å². The molecule has 2 aromatic rings. The van der Waals surface area contributed by atoms with Gasteiger partial charge in [-0.1, -0.05) is 6.07 Å². The molecule has 0 unspecified atom stereocenters. The molecule has 140 valence electrons. The molecule has 1 N–H and O–H groups in total. The number of nitrogens with zero attached hydrogens (tertiary/aromatic N) is 1. The molecule has 0 heterocycles. The molecule has 0 aromatic heterocycles. The second-order valence-corrected chi connectivity index (χ2v) is 7.05. The Morgan fingerprint density at radius 2 is 2.00 bits per heavy atom. The number of anilines is 1. The number of benzene rings is 2. The molecule has 0 fully saturated rings. The molecule has 0 saturated heterocycles. The predicted molar refractivity (Wildman–Crippen MR) is 115 cm³/mol. The van der Waals surface area contributed by atoms with Crippen LogP contribution in [0.1, 0.15) is 23.6 Å². The highest BCUT2D eigenvalue weighted by Gasteiger charge is 2.14. The lowest BCUT2D eigenvalue weighted by Crippen LogP contribution is -2.13. The third-order valence-electron chi connectivity index (χ3n) is 3.98. The first-order chi connectivity index (χ1) is 12.9. The highest BCUT2D eigenvalue weighted by molar-refractivity contribution is 14.1. The number of hydrogen-bond acceptors (Lipinski definition) is 4. The molecule has 0 bridgehead atoms. The fraction of sp³-hybridized carbons (Fsp3) is 0.238. The first-order valence-corrected chi connectivity index (χ1v) is 9.48. The second-order valence-electron chi connectivity index (χ2n) is 5.89. The van der Waals surface area contributed by atoms with Crippen LogP contribution in [-0.4, -0.2) is 19.6 Å². The van der Waals surface area contributed by atoms with E-state index in [1.807, 2.05) is 51.1 Å². The molecule has 0 saturated carbocycles. The highest BCUT2D eigenvalue weighted by atomic mass is 127. The SMILES string of the molecule is CCOc1c(I)cc(/C=C(\C#N)C(=O)Nc2ccc(C)c(C)c2)cc1OC. The predicted octanol–water partition coefficient (Wildman–Crippen LogP) is 4.86. The summed E-state index contributed by atoms with van der Waals surface area (Å²) in [6.45, 7) is 6.39. The van der Waals surface area contributed by atoms with E-state index in [1.54, 1.807) is 13.2 Å². The van der Waals surface area contributed by atoms with Crippen LogP contribution in [-0.2, 0) is 4.79 Å². The number of nitriles is 1. The van der Waals surface area contributed by atoms with Gasteiger partial charge in [-0.05, 0) is 90.4 Å². The van der Waals surface area contributed by atoms with Crippen molar-refractivity contribution >= 4 is 40.3 Å². The average Bonchev–Trinajstić information content (AvgIpc) is 2.64. The van der Waals surface area contributed by atoms with Gasteiger partial charge in [0.25, 0.3) is 5.91 Å². The molecule has 0 aliphatic heterocycles. The van der Waals surface area contributed by atoms with E-state index in [-0.39, 0.29) is 5.57 Å². The van der Waals surface area contributed by atoms with Crippen LogP contribution in [0.4, 0.5) is 5.69 Å². The molecule has 1 amide bonds. The Morgan fingerprint density at radius 3 is 2.59 bits per heavy atom. The Hall–Kier alpha value is -2.53. The molecule has 5 nitrogen and oxygen atoms in total. The van der Waals surface area contributed by atoms with Crippen molar-refractivity contribution in [2.24, 2.45) is 0 Å². The quantitative estimate of drug-likeness (QED) is 0.367. The summed E-state index contributed by atoms with van der Waals surface area (Å²) < 4.78 is 11.8. The van der Waals surface area contributed by atoms with Crippen molar-refractivity contribution in [3.8, 4) is 17.6 Å². The number of hydrogen-bond donors (Lipinski definition) is 1. The third-order valence-corrected chi connectivity index (χ3v) is 4.78. The minimum atomic E-state index is -0.455. The van der Waals surface area contributed by atoms with E-state index in [9.17, 15) is 10.1 Å². The molecular weight excluding hydrogens is 455 g/mol. The van der Waals surface area contributed by atoms with Gasteiger partial charge < -0.3 is 14.8 Å². The van der Waals surface area contributed by atoms with Crippen molar-refractivity contribution in [3.63, 3.8) is 0 Å². The summed E-state index contributed by atoms with van der Waals surface area (Å²) in [5.74, 6) is 0.751. The van der Waals surface area contributed by atoms with E-state index in [1.165, 1.54) is 6.08 Å². The Bertz CT molecular complexity index is 930. The number of carbonyl (C=O) groups excluding carboxylic acids is 1. The number of rotatable bonds is 6. The van der Waals surface area contributed by atoms with Crippen LogP contribution < -0.4 is 14.8 Å². The van der Waals surface area contributed by atoms with Crippen molar-refractivity contribution in [1.82, 2.24) is 0 Å². The van der Waals surface area contributed by atoms with Gasteiger partial charge in [0, 0.05) is 5.69 Å². The van der Waals surface area contributed by atoms with Crippen LogP contribution in [0.5, 0.6) is 11.5 Å². The van der Waals surface area contributed by atoms with E-state index in [0.717, 1.165) is 14.7 Å². The third kappa shape index (κ3) is 5.23. The van der Waals surface area contributed by atoms with Crippen LogP contribution in [0.15, 0.2) is 35.9 Å². The lowest BCUT2D eigenvalue weighted by Gasteiger charge is -2.12. The smallest absolute Gasteiger partial charge is 0.266 e. The number of nitrogens with one attached hydrogen (secondary N) is 1. The van der Waals surface area contributed by atoms with Gasteiger partial charge in [0.1, 0.15) is 11.6 Å². The van der Waals surface area contributed by atoms with Crippen molar-refractivity contribution in [2.45, 2.75) is 20.8 Å². The van der Waals surface area contributed by atoms with Crippen molar-refractivity contribution in [2.75, 3.05) is 19.0 Å². The molecular formula is C21H21IN2O3. The number of ether oxygens (including phenoxy) is 2. The molecule has 27 heavy (non-hydrogen) atoms. The number of methoxy groups -OCH3 is 1. The Labute approximate surface area is 173 Å². The molecule has 2 rings (SSSR count). The molecule has 0 spiro atoms. The maximum absolute atomic E-state index is 12.5. The van der Waals surface area contributed by atoms with Crippen LogP contribution >= 0.6 is 22.6 Å². The zero-order valence-corrected chi connectivity index (χ0v) is 17.9. The van der Waals surface area contributed by atoms with E-state index in [0.29, 0.717) is 29.4 Å². The van der Waals surface area contributed by atoms with E-state index in [4.69, 9.17) is 9.47 Å². The first kappa shape index (κ1) is 20.8. The van der Waals surface area contributed by atoms with Gasteiger partial charge in [0.05, 0.1) is 17.3 Å². The lowest BCUT2D eigenvalue weighted by atomic mass is 10.1. The van der Waals surface area contributed by atoms with Gasteiger partial charge in [-0.15, -0.1) is 0 Å². The molecule has 0 aliphatic carbocycles. The van der Waals surface area contributed by atoms with Gasteiger partial charge in [-0.3, -0.25) is 4.79 Å². The number of carbonyl (C=O) groups is 1. The van der Waals surface area contributed by atoms with Crippen molar-refractivity contribution < 1.29 is 14.3 Å². The summed E-state index contributed by atoms with van der Waals surface area (Å²) in [7, 11) is 1.55. The van der Waals surface area contributed by atoms with Gasteiger partial charge in [-0.2, -0.15) is 5.26 Å². The number of halogens is 1. The average molecular weight is 476 g/mol. The minimum Gasteiger partial charge on any atom is -0.493 e. The zero-order valence-electron chi connectivity index (χ0n) is 15.7. The standard InChI is InChI=1S/C21H21IN2O3/c1-5-27-20-18(22)10-15(11-19(20)26-4)9-16(12-23)21(25)24-17-7-6-13(2)14(3)8-17/h6-11H,5H2,1-4H3,(H,24,25)/b16-9+. The summed E-state index contributed by atoms with van der Waals surface area (Å²) in [4.78, 5) is 12.5. The molecule has 0 radical (unpaired) electrons. The van der Waals surface area contributed by atoms with E-state index in [2.05, 4.69) is 27.9 Å². The summed E-state index contributed by atoms with van der Waals surface area (Å²) in [5.41, 5.74) is 3.56. The summed E-state index contributed by atoms with van der Waals surface area (Å²) >= 11 is 2.14. The van der Waals surface area contributed by atoms with Crippen molar-refractivity contribution in [3.05, 3.63) is 56.2 Å². The van der Waals surface area contributed by atoms with E-state index < -0.39 is 5.91 Å². The van der Waals surface area contributed by atoms with Crippen LogP contribution in [0, 0.1) is 28.7 Å². The van der Waals surface area contributed by atoms with Gasteiger partial charge in [0.15, 0.2) is 11.5 Å². The minimum absolute atomic E-state index is 0.00948. The maximum Gasteiger partial charge on any atom is 0.266 e. The molecule has 0 atom stereocenters. The summed E-state index contributed by atoms with van der Waals surface area (Å²) in [5, 5.41) is 12.2. The second kappa shape index (κ2) is 9.42. The Balaban J connectivity index is 2.32. The highest BCUT2D eigenvalue weighted by Crippen LogP contribution is 2.34. The Kier molecular flexibility index (Phi) is 7.25. The van der Waals surface area contributed by atoms with Gasteiger partial charge in [0.2, 0.25) is 0 Å². The normalized spacial score (nSPS) is 10.9. The van der Waals surface area contributed by atoms with E-state index >= 15 is 0 Å². The molecule has 6 heteroatoms. The summed E-state index contributed by atoms with van der Waals surface area (Å²) in [6.07, 6.45) is 1.54. The van der Waals surface area contributed by atoms with Crippen molar-refractivity contribution in [1.29, 1.82) is 5.26 Å². The number of amides is 1. The largest absolute Gasteiger partial charge is 0.493 e. The Morgan fingerprint density at radius 1 is 1.26 bits per heavy atom. The van der Waals surface area contributed by atoms with Crippen LogP contribution in [0.2, 0.25) is 0 Å². The van der Waals surface area contributed by atoms with Gasteiger partial charge in [-0.25, -0.2) is 0 Å². The fourth-order valence-electron chi connectivity index (χ4n) is 2.44. The van der Waals surface area contributed by atoms with Crippen LogP contribution in [0.25, 0.3) is 6.08 Å². The molecule has 2 aromatic carbocycles. The first-order valence-electron chi connectivity index (χ1n) is 8.40. The monoisotopic (exact) mass is 476 g/mol. The maximum atomic E-state index is 12.5. The number of aryl methyl sites for hydroxylation is 2. The topological polar surface area (TPSA) is 71.3 Å². The zero-order chi connectivity index (χ0) is 20.0.